The van der Waals surface area contributed by atoms with Crippen molar-refractivity contribution in [2.75, 3.05) is 10.8 Å². The minimum Gasteiger partial charge on any atom is -0.350 e. The van der Waals surface area contributed by atoms with Crippen molar-refractivity contribution in [1.82, 2.24) is 10.2 Å². The maximum atomic E-state index is 14.1. The minimum atomic E-state index is -4.11. The number of anilines is 1. The summed E-state index contributed by atoms with van der Waals surface area (Å²) in [7, 11) is -4.11. The van der Waals surface area contributed by atoms with Crippen LogP contribution in [0.15, 0.2) is 71.6 Å². The molecule has 2 amide bonds. The smallest absolute Gasteiger partial charge is 0.264 e. The van der Waals surface area contributed by atoms with Crippen molar-refractivity contribution in [1.29, 1.82) is 0 Å². The average Bonchev–Trinajstić information content (AvgIpc) is 2.86. The fourth-order valence-electron chi connectivity index (χ4n) is 4.40. The Morgan fingerprint density at radius 2 is 1.45 bits per heavy atom. The summed E-state index contributed by atoms with van der Waals surface area (Å²) >= 11 is 0. The Hall–Kier alpha value is -3.65. The van der Waals surface area contributed by atoms with Gasteiger partial charge in [0.1, 0.15) is 12.6 Å². The Bertz CT molecular complexity index is 1470. The summed E-state index contributed by atoms with van der Waals surface area (Å²) in [6.45, 7) is 14.5. The lowest BCUT2D eigenvalue weighted by molar-refractivity contribution is -0.140. The number of benzene rings is 3. The highest BCUT2D eigenvalue weighted by Crippen LogP contribution is 2.29. The van der Waals surface area contributed by atoms with Gasteiger partial charge in [-0.05, 0) is 90.3 Å². The highest BCUT2D eigenvalue weighted by molar-refractivity contribution is 7.92. The molecule has 0 radical (unpaired) electrons. The molecule has 0 aromatic heterocycles. The van der Waals surface area contributed by atoms with E-state index >= 15 is 0 Å². The first-order valence-corrected chi connectivity index (χ1v) is 14.9. The zero-order chi connectivity index (χ0) is 29.8. The van der Waals surface area contributed by atoms with Crippen molar-refractivity contribution in [3.8, 4) is 0 Å². The van der Waals surface area contributed by atoms with E-state index in [9.17, 15) is 18.0 Å². The van der Waals surface area contributed by atoms with Crippen LogP contribution >= 0.6 is 0 Å². The van der Waals surface area contributed by atoms with Crippen molar-refractivity contribution in [3.63, 3.8) is 0 Å². The number of carbonyl (C=O) groups excluding carboxylic acids is 2. The Morgan fingerprint density at radius 1 is 0.850 bits per heavy atom. The standard InChI is InChI=1S/C32H41N3O4S/c1-22-13-16-28(17-14-22)40(38,39)35(29-19-24(3)12-15-25(29)4)21-30(36)34(20-27-11-9-10-23(2)18-27)26(5)31(37)33-32(6,7)8/h9-19,26H,20-21H2,1-8H3,(H,33,37)/t26-/m0/s1. The number of sulfonamides is 1. The summed E-state index contributed by atoms with van der Waals surface area (Å²) in [4.78, 5) is 28.9. The van der Waals surface area contributed by atoms with Crippen LogP contribution in [0, 0.1) is 27.7 Å². The van der Waals surface area contributed by atoms with Crippen LogP contribution in [0.25, 0.3) is 0 Å². The van der Waals surface area contributed by atoms with E-state index in [1.165, 1.54) is 9.21 Å². The van der Waals surface area contributed by atoms with Gasteiger partial charge >= 0.3 is 0 Å². The topological polar surface area (TPSA) is 86.8 Å². The molecule has 0 saturated heterocycles. The summed E-state index contributed by atoms with van der Waals surface area (Å²) in [6.07, 6.45) is 0. The molecule has 3 aromatic carbocycles. The molecule has 214 valence electrons. The molecule has 0 heterocycles. The van der Waals surface area contributed by atoms with Gasteiger partial charge in [0.05, 0.1) is 10.6 Å². The molecule has 0 aliphatic carbocycles. The van der Waals surface area contributed by atoms with Crippen LogP contribution in [0.5, 0.6) is 0 Å². The Kier molecular flexibility index (Phi) is 9.46. The fourth-order valence-corrected chi connectivity index (χ4v) is 5.87. The van der Waals surface area contributed by atoms with Gasteiger partial charge in [-0.1, -0.05) is 59.7 Å². The minimum absolute atomic E-state index is 0.0931. The van der Waals surface area contributed by atoms with Gasteiger partial charge in [-0.15, -0.1) is 0 Å². The van der Waals surface area contributed by atoms with Crippen LogP contribution in [-0.2, 0) is 26.2 Å². The molecule has 1 N–H and O–H groups in total. The normalized spacial score (nSPS) is 12.5. The first-order chi connectivity index (χ1) is 18.6. The zero-order valence-electron chi connectivity index (χ0n) is 24.8. The second-order valence-electron chi connectivity index (χ2n) is 11.5. The second-order valence-corrected chi connectivity index (χ2v) is 13.4. The predicted molar refractivity (Wildman–Crippen MR) is 161 cm³/mol. The number of nitrogens with zero attached hydrogens (tertiary/aromatic N) is 2. The van der Waals surface area contributed by atoms with Crippen molar-refractivity contribution in [2.45, 2.75) is 78.4 Å². The van der Waals surface area contributed by atoms with Gasteiger partial charge in [-0.25, -0.2) is 8.42 Å². The first kappa shape index (κ1) is 30.9. The molecule has 0 bridgehead atoms. The lowest BCUT2D eigenvalue weighted by atomic mass is 10.1. The predicted octanol–water partition coefficient (Wildman–Crippen LogP) is 5.45. The summed E-state index contributed by atoms with van der Waals surface area (Å²) in [5.41, 5.74) is 4.32. The molecule has 1 atom stereocenters. The molecule has 0 saturated carbocycles. The summed E-state index contributed by atoms with van der Waals surface area (Å²) in [6, 6.07) is 19.0. The van der Waals surface area contributed by atoms with Crippen LogP contribution in [0.3, 0.4) is 0 Å². The second kappa shape index (κ2) is 12.3. The molecular weight excluding hydrogens is 522 g/mol. The van der Waals surface area contributed by atoms with Crippen molar-refractivity contribution >= 4 is 27.5 Å². The number of nitrogens with one attached hydrogen (secondary N) is 1. The van der Waals surface area contributed by atoms with Crippen molar-refractivity contribution in [2.24, 2.45) is 0 Å². The monoisotopic (exact) mass is 563 g/mol. The van der Waals surface area contributed by atoms with E-state index < -0.39 is 34.1 Å². The third-order valence-electron chi connectivity index (χ3n) is 6.62. The van der Waals surface area contributed by atoms with E-state index in [1.54, 1.807) is 37.3 Å². The van der Waals surface area contributed by atoms with Gasteiger partial charge in [0.25, 0.3) is 10.0 Å². The van der Waals surface area contributed by atoms with Crippen LogP contribution in [0.1, 0.15) is 55.5 Å². The maximum Gasteiger partial charge on any atom is 0.264 e. The van der Waals surface area contributed by atoms with Gasteiger partial charge < -0.3 is 10.2 Å². The lowest BCUT2D eigenvalue weighted by Gasteiger charge is -2.34. The van der Waals surface area contributed by atoms with E-state index in [2.05, 4.69) is 5.32 Å². The van der Waals surface area contributed by atoms with E-state index in [-0.39, 0.29) is 17.3 Å². The Morgan fingerprint density at radius 3 is 2.05 bits per heavy atom. The fraction of sp³-hybridized carbons (Fsp3) is 0.375. The third kappa shape index (κ3) is 7.72. The van der Waals surface area contributed by atoms with E-state index in [0.29, 0.717) is 5.69 Å². The average molecular weight is 564 g/mol. The largest absolute Gasteiger partial charge is 0.350 e. The SMILES string of the molecule is Cc1ccc(S(=O)(=O)N(CC(=O)N(Cc2cccc(C)c2)[C@@H](C)C(=O)NC(C)(C)C)c2cc(C)ccc2C)cc1. The van der Waals surface area contributed by atoms with Gasteiger partial charge in [-0.2, -0.15) is 0 Å². The molecule has 0 unspecified atom stereocenters. The molecule has 0 fully saturated rings. The van der Waals surface area contributed by atoms with Crippen molar-refractivity contribution in [3.05, 3.63) is 94.5 Å². The van der Waals surface area contributed by atoms with Gasteiger partial charge in [0.2, 0.25) is 11.8 Å². The van der Waals surface area contributed by atoms with Gasteiger partial charge in [0, 0.05) is 12.1 Å². The molecule has 7 nitrogen and oxygen atoms in total. The first-order valence-electron chi connectivity index (χ1n) is 13.4. The number of rotatable bonds is 9. The third-order valence-corrected chi connectivity index (χ3v) is 8.40. The molecule has 0 aliphatic rings. The highest BCUT2D eigenvalue weighted by atomic mass is 32.2. The maximum absolute atomic E-state index is 14.1. The molecule has 3 aromatic rings. The van der Waals surface area contributed by atoms with E-state index in [4.69, 9.17) is 0 Å². The molecule has 0 aliphatic heterocycles. The number of carbonyl (C=O) groups is 2. The van der Waals surface area contributed by atoms with Gasteiger partial charge in [0.15, 0.2) is 0 Å². The number of aryl methyl sites for hydroxylation is 4. The van der Waals surface area contributed by atoms with Crippen LogP contribution < -0.4 is 9.62 Å². The van der Waals surface area contributed by atoms with Crippen LogP contribution in [-0.4, -0.2) is 43.3 Å². The number of hydrogen-bond donors (Lipinski definition) is 1. The Labute approximate surface area is 239 Å². The van der Waals surface area contributed by atoms with E-state index in [0.717, 1.165) is 27.8 Å². The Balaban J connectivity index is 2.08. The molecule has 3 rings (SSSR count). The number of amides is 2. The molecule has 8 heteroatoms. The zero-order valence-corrected chi connectivity index (χ0v) is 25.6. The molecule has 40 heavy (non-hydrogen) atoms. The lowest BCUT2D eigenvalue weighted by Crippen LogP contribution is -2.54. The van der Waals surface area contributed by atoms with E-state index in [1.807, 2.05) is 84.9 Å². The molecule has 0 spiro atoms. The van der Waals surface area contributed by atoms with Crippen molar-refractivity contribution < 1.29 is 18.0 Å². The van der Waals surface area contributed by atoms with Crippen LogP contribution in [0.4, 0.5) is 5.69 Å². The number of hydrogen-bond acceptors (Lipinski definition) is 4. The summed E-state index contributed by atoms with van der Waals surface area (Å²) in [5.74, 6) is -0.789. The quantitative estimate of drug-likeness (QED) is 0.375. The highest BCUT2D eigenvalue weighted by Gasteiger charge is 2.34. The van der Waals surface area contributed by atoms with Gasteiger partial charge in [-0.3, -0.25) is 13.9 Å². The summed E-state index contributed by atoms with van der Waals surface area (Å²) in [5, 5.41) is 2.95. The summed E-state index contributed by atoms with van der Waals surface area (Å²) < 4.78 is 29.2. The molecular formula is C32H41N3O4S. The van der Waals surface area contributed by atoms with Crippen LogP contribution in [0.2, 0.25) is 0 Å².